The van der Waals surface area contributed by atoms with E-state index < -0.39 is 0 Å². The van der Waals surface area contributed by atoms with Gasteiger partial charge < -0.3 is 16.0 Å². The first-order valence-corrected chi connectivity index (χ1v) is 6.08. The molecule has 0 aromatic heterocycles. The Morgan fingerprint density at radius 2 is 1.88 bits per heavy atom. The molecule has 0 aromatic rings. The van der Waals surface area contributed by atoms with E-state index in [9.17, 15) is 4.79 Å². The molecule has 0 aliphatic heterocycles. The SMILES string of the molecule is CC(C)CC(N)C(=O)NCCN(C)C(C)C. The van der Waals surface area contributed by atoms with Crippen molar-refractivity contribution in [2.75, 3.05) is 20.1 Å². The second kappa shape index (κ2) is 7.63. The fourth-order valence-electron chi connectivity index (χ4n) is 1.36. The minimum absolute atomic E-state index is 0.0362. The molecule has 0 spiro atoms. The molecule has 0 saturated heterocycles. The number of hydrogen-bond acceptors (Lipinski definition) is 3. The molecule has 0 bridgehead atoms. The summed E-state index contributed by atoms with van der Waals surface area (Å²) in [5.41, 5.74) is 5.77. The number of carbonyl (C=O) groups excluding carboxylic acids is 1. The van der Waals surface area contributed by atoms with Crippen molar-refractivity contribution in [1.29, 1.82) is 0 Å². The van der Waals surface area contributed by atoms with E-state index in [0.717, 1.165) is 13.0 Å². The zero-order valence-electron chi connectivity index (χ0n) is 11.3. The van der Waals surface area contributed by atoms with Crippen LogP contribution in [0.3, 0.4) is 0 Å². The van der Waals surface area contributed by atoms with E-state index in [1.165, 1.54) is 0 Å². The summed E-state index contributed by atoms with van der Waals surface area (Å²) in [4.78, 5) is 13.8. The van der Waals surface area contributed by atoms with Crippen LogP contribution in [0.15, 0.2) is 0 Å². The van der Waals surface area contributed by atoms with Crippen molar-refractivity contribution in [3.05, 3.63) is 0 Å². The topological polar surface area (TPSA) is 58.4 Å². The molecule has 0 radical (unpaired) electrons. The molecule has 0 fully saturated rings. The van der Waals surface area contributed by atoms with Crippen LogP contribution in [0.1, 0.15) is 34.1 Å². The largest absolute Gasteiger partial charge is 0.353 e. The number of rotatable bonds is 7. The summed E-state index contributed by atoms with van der Waals surface area (Å²) in [6, 6.07) is 0.130. The lowest BCUT2D eigenvalue weighted by atomic mass is 10.0. The van der Waals surface area contributed by atoms with Gasteiger partial charge in [0.2, 0.25) is 5.91 Å². The minimum Gasteiger partial charge on any atom is -0.353 e. The standard InChI is InChI=1S/C12H27N3O/c1-9(2)8-11(13)12(16)14-6-7-15(5)10(3)4/h9-11H,6-8,13H2,1-5H3,(H,14,16). The van der Waals surface area contributed by atoms with Crippen LogP contribution < -0.4 is 11.1 Å². The Morgan fingerprint density at radius 1 is 1.31 bits per heavy atom. The Kier molecular flexibility index (Phi) is 7.34. The summed E-state index contributed by atoms with van der Waals surface area (Å²) in [7, 11) is 2.05. The zero-order valence-corrected chi connectivity index (χ0v) is 11.3. The number of likely N-dealkylation sites (N-methyl/N-ethyl adjacent to an activating group) is 1. The van der Waals surface area contributed by atoms with Crippen LogP contribution >= 0.6 is 0 Å². The first-order valence-electron chi connectivity index (χ1n) is 6.08. The third-order valence-corrected chi connectivity index (χ3v) is 2.71. The molecular formula is C12H27N3O. The van der Waals surface area contributed by atoms with Gasteiger partial charge >= 0.3 is 0 Å². The highest BCUT2D eigenvalue weighted by Crippen LogP contribution is 2.02. The summed E-state index contributed by atoms with van der Waals surface area (Å²) in [6.45, 7) is 9.93. The van der Waals surface area contributed by atoms with Gasteiger partial charge in [0.05, 0.1) is 6.04 Å². The Bertz CT molecular complexity index is 204. The van der Waals surface area contributed by atoms with Gasteiger partial charge in [0.15, 0.2) is 0 Å². The summed E-state index contributed by atoms with van der Waals surface area (Å²) < 4.78 is 0. The lowest BCUT2D eigenvalue weighted by molar-refractivity contribution is -0.122. The average molecular weight is 229 g/mol. The maximum atomic E-state index is 11.6. The number of nitrogens with zero attached hydrogens (tertiary/aromatic N) is 1. The number of nitrogens with one attached hydrogen (secondary N) is 1. The first kappa shape index (κ1) is 15.4. The van der Waals surface area contributed by atoms with E-state index in [0.29, 0.717) is 18.5 Å². The third-order valence-electron chi connectivity index (χ3n) is 2.71. The molecule has 1 atom stereocenters. The highest BCUT2D eigenvalue weighted by molar-refractivity contribution is 5.81. The van der Waals surface area contributed by atoms with Gasteiger partial charge in [-0.1, -0.05) is 13.8 Å². The van der Waals surface area contributed by atoms with E-state index in [2.05, 4.69) is 37.9 Å². The molecule has 0 heterocycles. The summed E-state index contributed by atoms with van der Waals surface area (Å²) >= 11 is 0. The first-order chi connectivity index (χ1) is 7.34. The fourth-order valence-corrected chi connectivity index (χ4v) is 1.36. The van der Waals surface area contributed by atoms with E-state index in [1.54, 1.807) is 0 Å². The fraction of sp³-hybridized carbons (Fsp3) is 0.917. The van der Waals surface area contributed by atoms with Crippen LogP contribution in [0.4, 0.5) is 0 Å². The molecule has 0 rings (SSSR count). The van der Waals surface area contributed by atoms with Gasteiger partial charge in [-0.15, -0.1) is 0 Å². The van der Waals surface area contributed by atoms with Gasteiger partial charge in [0, 0.05) is 19.1 Å². The quantitative estimate of drug-likeness (QED) is 0.679. The summed E-state index contributed by atoms with van der Waals surface area (Å²) in [6.07, 6.45) is 0.742. The maximum Gasteiger partial charge on any atom is 0.236 e. The smallest absolute Gasteiger partial charge is 0.236 e. The number of nitrogens with two attached hydrogens (primary N) is 1. The number of amides is 1. The number of carbonyl (C=O) groups is 1. The molecule has 1 amide bonds. The van der Waals surface area contributed by atoms with Gasteiger partial charge in [0.1, 0.15) is 0 Å². The lowest BCUT2D eigenvalue weighted by Crippen LogP contribution is -2.44. The molecular weight excluding hydrogens is 202 g/mol. The predicted octanol–water partition coefficient (Wildman–Crippen LogP) is 0.816. The Hall–Kier alpha value is -0.610. The summed E-state index contributed by atoms with van der Waals surface area (Å²) in [5.74, 6) is 0.421. The lowest BCUT2D eigenvalue weighted by Gasteiger charge is -2.21. The molecule has 0 aliphatic rings. The van der Waals surface area contributed by atoms with Gasteiger partial charge in [-0.3, -0.25) is 4.79 Å². The van der Waals surface area contributed by atoms with Gasteiger partial charge in [-0.2, -0.15) is 0 Å². The van der Waals surface area contributed by atoms with Crippen molar-refractivity contribution in [2.45, 2.75) is 46.2 Å². The normalized spacial score (nSPS) is 13.6. The van der Waals surface area contributed by atoms with Crippen LogP contribution in [-0.4, -0.2) is 43.0 Å². The van der Waals surface area contributed by atoms with Crippen LogP contribution in [0.5, 0.6) is 0 Å². The van der Waals surface area contributed by atoms with E-state index in [-0.39, 0.29) is 11.9 Å². The maximum absolute atomic E-state index is 11.6. The van der Waals surface area contributed by atoms with Crippen LogP contribution in [0, 0.1) is 5.92 Å². The third kappa shape index (κ3) is 6.80. The van der Waals surface area contributed by atoms with Gasteiger partial charge in [-0.25, -0.2) is 0 Å². The average Bonchev–Trinajstić information content (AvgIpc) is 2.15. The number of hydrogen-bond donors (Lipinski definition) is 2. The van der Waals surface area contributed by atoms with E-state index >= 15 is 0 Å². The van der Waals surface area contributed by atoms with Crippen molar-refractivity contribution < 1.29 is 4.79 Å². The summed E-state index contributed by atoms with van der Waals surface area (Å²) in [5, 5.41) is 2.87. The van der Waals surface area contributed by atoms with Crippen LogP contribution in [0.25, 0.3) is 0 Å². The van der Waals surface area contributed by atoms with E-state index in [4.69, 9.17) is 5.73 Å². The molecule has 4 nitrogen and oxygen atoms in total. The predicted molar refractivity (Wildman–Crippen MR) is 68.2 cm³/mol. The molecule has 0 aromatic carbocycles. The van der Waals surface area contributed by atoms with Crippen molar-refractivity contribution in [3.8, 4) is 0 Å². The van der Waals surface area contributed by atoms with Gasteiger partial charge in [0.25, 0.3) is 0 Å². The van der Waals surface area contributed by atoms with Crippen molar-refractivity contribution >= 4 is 5.91 Å². The van der Waals surface area contributed by atoms with Crippen molar-refractivity contribution in [2.24, 2.45) is 11.7 Å². The molecule has 0 aliphatic carbocycles. The van der Waals surface area contributed by atoms with Crippen molar-refractivity contribution in [1.82, 2.24) is 10.2 Å². The molecule has 3 N–H and O–H groups in total. The highest BCUT2D eigenvalue weighted by atomic mass is 16.2. The Morgan fingerprint density at radius 3 is 2.31 bits per heavy atom. The molecule has 0 saturated carbocycles. The Labute approximate surface area is 99.6 Å². The van der Waals surface area contributed by atoms with Crippen LogP contribution in [-0.2, 0) is 4.79 Å². The second-order valence-electron chi connectivity index (χ2n) is 5.10. The highest BCUT2D eigenvalue weighted by Gasteiger charge is 2.14. The van der Waals surface area contributed by atoms with Crippen molar-refractivity contribution in [3.63, 3.8) is 0 Å². The molecule has 96 valence electrons. The second-order valence-corrected chi connectivity index (χ2v) is 5.10. The molecule has 16 heavy (non-hydrogen) atoms. The van der Waals surface area contributed by atoms with E-state index in [1.807, 2.05) is 7.05 Å². The van der Waals surface area contributed by atoms with Gasteiger partial charge in [-0.05, 0) is 33.2 Å². The molecule has 1 unspecified atom stereocenters. The molecule has 4 heteroatoms. The zero-order chi connectivity index (χ0) is 12.7. The monoisotopic (exact) mass is 229 g/mol. The minimum atomic E-state index is -0.371. The van der Waals surface area contributed by atoms with Crippen LogP contribution in [0.2, 0.25) is 0 Å². The Balaban J connectivity index is 3.73.